The molecule has 8 heteroatoms. The Labute approximate surface area is 161 Å². The highest BCUT2D eigenvalue weighted by molar-refractivity contribution is 7.89. The molecule has 1 aromatic carbocycles. The zero-order chi connectivity index (χ0) is 20.8. The smallest absolute Gasteiger partial charge is 0.328 e. The summed E-state index contributed by atoms with van der Waals surface area (Å²) in [7, 11) is -2.68. The molecule has 0 saturated carbocycles. The number of esters is 1. The Balaban J connectivity index is 3.06. The number of ether oxygens (including phenoxy) is 1. The maximum Gasteiger partial charge on any atom is 0.328 e. The minimum Gasteiger partial charge on any atom is -0.467 e. The van der Waals surface area contributed by atoms with Gasteiger partial charge in [0.25, 0.3) is 0 Å². The lowest BCUT2D eigenvalue weighted by molar-refractivity contribution is -0.146. The van der Waals surface area contributed by atoms with E-state index in [1.807, 2.05) is 6.92 Å². The standard InChI is InChI=1S/C19H28N2O5S/c1-7-14(5)17(19(23)26-6)20-18(22)16(12(2)3)21-27(24,25)15-10-8-13(4)9-11-15/h7-12,14,16-17,21H,1H2,2-6H3,(H,20,22)/t14-,16-,17+/m0/s1. The minimum absolute atomic E-state index is 0.0653. The summed E-state index contributed by atoms with van der Waals surface area (Å²) >= 11 is 0. The number of methoxy groups -OCH3 is 1. The van der Waals surface area contributed by atoms with E-state index in [4.69, 9.17) is 4.74 Å². The topological polar surface area (TPSA) is 102 Å². The number of carbonyl (C=O) groups is 2. The number of benzene rings is 1. The van der Waals surface area contributed by atoms with Crippen LogP contribution >= 0.6 is 0 Å². The molecular formula is C19H28N2O5S. The number of amides is 1. The fourth-order valence-electron chi connectivity index (χ4n) is 2.36. The molecule has 0 fully saturated rings. The van der Waals surface area contributed by atoms with E-state index in [9.17, 15) is 18.0 Å². The van der Waals surface area contributed by atoms with Crippen molar-refractivity contribution in [1.29, 1.82) is 0 Å². The molecule has 0 unspecified atom stereocenters. The van der Waals surface area contributed by atoms with Gasteiger partial charge in [0.15, 0.2) is 0 Å². The normalized spacial score (nSPS) is 14.9. The highest BCUT2D eigenvalue weighted by Crippen LogP contribution is 2.14. The number of hydrogen-bond acceptors (Lipinski definition) is 5. The number of hydrogen-bond donors (Lipinski definition) is 2. The summed E-state index contributed by atoms with van der Waals surface area (Å²) in [5.74, 6) is -1.96. The Morgan fingerprint density at radius 1 is 1.11 bits per heavy atom. The maximum absolute atomic E-state index is 12.7. The SMILES string of the molecule is C=C[C@H](C)[C@@H](NC(=O)[C@@H](NS(=O)(=O)c1ccc(C)cc1)C(C)C)C(=O)OC. The predicted octanol–water partition coefficient (Wildman–Crippen LogP) is 1.78. The van der Waals surface area contributed by atoms with E-state index in [1.165, 1.54) is 25.3 Å². The van der Waals surface area contributed by atoms with Crippen molar-refractivity contribution in [2.75, 3.05) is 7.11 Å². The molecule has 7 nitrogen and oxygen atoms in total. The van der Waals surface area contributed by atoms with Crippen LogP contribution in [0.25, 0.3) is 0 Å². The summed E-state index contributed by atoms with van der Waals surface area (Å²) in [5, 5.41) is 2.57. The lowest BCUT2D eigenvalue weighted by Crippen LogP contribution is -2.55. The molecular weight excluding hydrogens is 368 g/mol. The number of aryl methyl sites for hydroxylation is 1. The minimum atomic E-state index is -3.90. The summed E-state index contributed by atoms with van der Waals surface area (Å²) in [6.07, 6.45) is 1.52. The molecule has 2 N–H and O–H groups in total. The third kappa shape index (κ3) is 6.18. The maximum atomic E-state index is 12.7. The van der Waals surface area contributed by atoms with Crippen molar-refractivity contribution in [2.45, 2.75) is 44.7 Å². The number of sulfonamides is 1. The van der Waals surface area contributed by atoms with Gasteiger partial charge < -0.3 is 10.1 Å². The molecule has 27 heavy (non-hydrogen) atoms. The third-order valence-corrected chi connectivity index (χ3v) is 5.67. The molecule has 3 atom stereocenters. The van der Waals surface area contributed by atoms with Crippen LogP contribution in [-0.2, 0) is 24.3 Å². The average molecular weight is 397 g/mol. The monoisotopic (exact) mass is 396 g/mol. The second-order valence-electron chi connectivity index (χ2n) is 6.76. The van der Waals surface area contributed by atoms with E-state index in [0.29, 0.717) is 0 Å². The van der Waals surface area contributed by atoms with E-state index in [2.05, 4.69) is 16.6 Å². The Bertz CT molecular complexity index is 772. The zero-order valence-electron chi connectivity index (χ0n) is 16.4. The summed E-state index contributed by atoms with van der Waals surface area (Å²) in [6, 6.07) is 4.30. The fraction of sp³-hybridized carbons (Fsp3) is 0.474. The first-order chi connectivity index (χ1) is 12.5. The molecule has 0 aliphatic rings. The van der Waals surface area contributed by atoms with Crippen molar-refractivity contribution in [3.05, 3.63) is 42.5 Å². The van der Waals surface area contributed by atoms with Crippen molar-refractivity contribution < 1.29 is 22.7 Å². The molecule has 0 spiro atoms. The first-order valence-electron chi connectivity index (χ1n) is 8.63. The number of rotatable bonds is 9. The molecule has 0 aliphatic heterocycles. The summed E-state index contributed by atoms with van der Waals surface area (Å²) in [6.45, 7) is 10.6. The second-order valence-corrected chi connectivity index (χ2v) is 8.47. The predicted molar refractivity (Wildman–Crippen MR) is 103 cm³/mol. The van der Waals surface area contributed by atoms with Crippen LogP contribution in [0.15, 0.2) is 41.8 Å². The van der Waals surface area contributed by atoms with Gasteiger partial charge in [-0.15, -0.1) is 6.58 Å². The molecule has 0 radical (unpaired) electrons. The van der Waals surface area contributed by atoms with Gasteiger partial charge in [0.1, 0.15) is 12.1 Å². The third-order valence-electron chi connectivity index (χ3n) is 4.21. The van der Waals surface area contributed by atoms with Gasteiger partial charge in [-0.25, -0.2) is 13.2 Å². The Hall–Kier alpha value is -2.19. The van der Waals surface area contributed by atoms with Crippen molar-refractivity contribution in [1.82, 2.24) is 10.0 Å². The van der Waals surface area contributed by atoms with Crippen molar-refractivity contribution in [3.8, 4) is 0 Å². The van der Waals surface area contributed by atoms with Crippen LogP contribution < -0.4 is 10.0 Å². The zero-order valence-corrected chi connectivity index (χ0v) is 17.2. The summed E-state index contributed by atoms with van der Waals surface area (Å²) < 4.78 is 32.4. The van der Waals surface area contributed by atoms with Crippen LogP contribution in [0, 0.1) is 18.8 Å². The Morgan fingerprint density at radius 3 is 2.11 bits per heavy atom. The molecule has 0 heterocycles. The largest absolute Gasteiger partial charge is 0.467 e. The van der Waals surface area contributed by atoms with Crippen LogP contribution in [0.5, 0.6) is 0 Å². The van der Waals surface area contributed by atoms with Crippen LogP contribution in [-0.4, -0.2) is 39.5 Å². The van der Waals surface area contributed by atoms with E-state index >= 15 is 0 Å². The van der Waals surface area contributed by atoms with Crippen LogP contribution in [0.1, 0.15) is 26.3 Å². The molecule has 150 valence electrons. The average Bonchev–Trinajstić information content (AvgIpc) is 2.62. The van der Waals surface area contributed by atoms with Gasteiger partial charge in [0.2, 0.25) is 15.9 Å². The summed E-state index contributed by atoms with van der Waals surface area (Å²) in [4.78, 5) is 24.7. The molecule has 0 aliphatic carbocycles. The van der Waals surface area contributed by atoms with E-state index in [0.717, 1.165) is 5.56 Å². The molecule has 0 bridgehead atoms. The van der Waals surface area contributed by atoms with Crippen LogP contribution in [0.4, 0.5) is 0 Å². The van der Waals surface area contributed by atoms with Crippen molar-refractivity contribution in [3.63, 3.8) is 0 Å². The van der Waals surface area contributed by atoms with Gasteiger partial charge in [0, 0.05) is 5.92 Å². The Kier molecular flexibility index (Phi) is 8.18. The van der Waals surface area contributed by atoms with Gasteiger partial charge in [0.05, 0.1) is 12.0 Å². The van der Waals surface area contributed by atoms with Gasteiger partial charge in [-0.2, -0.15) is 4.72 Å². The van der Waals surface area contributed by atoms with Crippen molar-refractivity contribution >= 4 is 21.9 Å². The second kappa shape index (κ2) is 9.66. The molecule has 0 saturated heterocycles. The first kappa shape index (κ1) is 22.9. The van der Waals surface area contributed by atoms with Gasteiger partial charge >= 0.3 is 5.97 Å². The molecule has 1 amide bonds. The highest BCUT2D eigenvalue weighted by atomic mass is 32.2. The van der Waals surface area contributed by atoms with E-state index in [1.54, 1.807) is 32.9 Å². The first-order valence-corrected chi connectivity index (χ1v) is 10.1. The van der Waals surface area contributed by atoms with Gasteiger partial charge in [-0.05, 0) is 25.0 Å². The van der Waals surface area contributed by atoms with Gasteiger partial charge in [-0.3, -0.25) is 4.79 Å². The number of carbonyl (C=O) groups excluding carboxylic acids is 2. The fourth-order valence-corrected chi connectivity index (χ4v) is 3.70. The quantitative estimate of drug-likeness (QED) is 0.489. The number of nitrogens with one attached hydrogen (secondary N) is 2. The van der Waals surface area contributed by atoms with Gasteiger partial charge in [-0.1, -0.05) is 44.5 Å². The molecule has 0 aromatic heterocycles. The highest BCUT2D eigenvalue weighted by Gasteiger charge is 2.33. The Morgan fingerprint density at radius 2 is 1.67 bits per heavy atom. The molecule has 1 rings (SSSR count). The van der Waals surface area contributed by atoms with E-state index < -0.39 is 34.0 Å². The van der Waals surface area contributed by atoms with Crippen LogP contribution in [0.2, 0.25) is 0 Å². The van der Waals surface area contributed by atoms with Crippen LogP contribution in [0.3, 0.4) is 0 Å². The van der Waals surface area contributed by atoms with Crippen molar-refractivity contribution in [2.24, 2.45) is 11.8 Å². The van der Waals surface area contributed by atoms with E-state index in [-0.39, 0.29) is 16.7 Å². The lowest BCUT2D eigenvalue weighted by atomic mass is 10.00. The lowest BCUT2D eigenvalue weighted by Gasteiger charge is -2.26. The summed E-state index contributed by atoms with van der Waals surface area (Å²) in [5.41, 5.74) is 0.923. The molecule has 1 aromatic rings.